The van der Waals surface area contributed by atoms with Crippen LogP contribution in [-0.4, -0.2) is 44.7 Å². The van der Waals surface area contributed by atoms with Crippen LogP contribution in [0.3, 0.4) is 0 Å². The average molecular weight is 379 g/mol. The minimum absolute atomic E-state index is 0.0777. The second kappa shape index (κ2) is 6.69. The summed E-state index contributed by atoms with van der Waals surface area (Å²) in [6.07, 6.45) is 0. The van der Waals surface area contributed by atoms with Gasteiger partial charge in [-0.2, -0.15) is 9.67 Å². The van der Waals surface area contributed by atoms with Crippen molar-refractivity contribution in [3.8, 4) is 5.13 Å². The molecule has 0 unspecified atom stereocenters. The molecule has 0 aliphatic carbocycles. The zero-order chi connectivity index (χ0) is 19.0. The largest absolute Gasteiger partial charge is 0.368 e. The highest BCUT2D eigenvalue weighted by molar-refractivity contribution is 7.20. The number of carbonyl (C=O) groups excluding carboxylic acids is 1. The first kappa shape index (κ1) is 17.0. The Morgan fingerprint density at radius 3 is 2.74 bits per heavy atom. The van der Waals surface area contributed by atoms with Crippen LogP contribution in [0.1, 0.15) is 10.4 Å². The molecule has 9 heteroatoms. The highest BCUT2D eigenvalue weighted by atomic mass is 32.1. The molecule has 4 aromatic rings. The molecule has 1 amide bonds. The zero-order valence-corrected chi connectivity index (χ0v) is 15.6. The third kappa shape index (κ3) is 3.32. The molecule has 0 radical (unpaired) electrons. The lowest BCUT2D eigenvalue weighted by Gasteiger charge is -2.11. The molecule has 136 valence electrons. The van der Waals surface area contributed by atoms with Crippen LogP contribution in [0, 0.1) is 0 Å². The summed E-state index contributed by atoms with van der Waals surface area (Å²) in [6.45, 7) is 0. The topological polar surface area (TPSA) is 102 Å². The van der Waals surface area contributed by atoms with E-state index in [1.807, 2.05) is 30.3 Å². The van der Waals surface area contributed by atoms with Crippen LogP contribution in [0.25, 0.3) is 15.3 Å². The molecule has 3 N–H and O–H groups in total. The van der Waals surface area contributed by atoms with Crippen molar-refractivity contribution in [3.05, 3.63) is 54.1 Å². The first-order chi connectivity index (χ1) is 13.0. The Labute approximate surface area is 159 Å². The predicted octanol–water partition coefficient (Wildman–Crippen LogP) is 2.90. The average Bonchev–Trinajstić information content (AvgIpc) is 3.24. The van der Waals surface area contributed by atoms with E-state index < -0.39 is 0 Å². The van der Waals surface area contributed by atoms with Crippen molar-refractivity contribution in [2.75, 3.05) is 25.1 Å². The van der Waals surface area contributed by atoms with E-state index in [0.29, 0.717) is 22.3 Å². The van der Waals surface area contributed by atoms with Gasteiger partial charge >= 0.3 is 0 Å². The molecular formula is C18H17N7OS. The van der Waals surface area contributed by atoms with Gasteiger partial charge in [-0.3, -0.25) is 4.79 Å². The van der Waals surface area contributed by atoms with E-state index in [1.165, 1.54) is 20.9 Å². The molecular weight excluding hydrogens is 362 g/mol. The van der Waals surface area contributed by atoms with Crippen molar-refractivity contribution in [2.24, 2.45) is 0 Å². The molecule has 0 saturated carbocycles. The smallest absolute Gasteiger partial charge is 0.253 e. The molecule has 0 spiro atoms. The van der Waals surface area contributed by atoms with Crippen LogP contribution in [0.4, 0.5) is 17.6 Å². The van der Waals surface area contributed by atoms with E-state index in [-0.39, 0.29) is 11.9 Å². The fourth-order valence-electron chi connectivity index (χ4n) is 2.59. The summed E-state index contributed by atoms with van der Waals surface area (Å²) in [5.74, 6) is 0.490. The van der Waals surface area contributed by atoms with Crippen molar-refractivity contribution in [3.63, 3.8) is 0 Å². The molecule has 0 fully saturated rings. The molecule has 0 bridgehead atoms. The van der Waals surface area contributed by atoms with Crippen molar-refractivity contribution in [1.82, 2.24) is 24.6 Å². The fraction of sp³-hybridized carbons (Fsp3) is 0.111. The Morgan fingerprint density at radius 2 is 1.96 bits per heavy atom. The number of anilines is 3. The second-order valence-corrected chi connectivity index (χ2v) is 7.08. The van der Waals surface area contributed by atoms with Gasteiger partial charge < -0.3 is 16.0 Å². The van der Waals surface area contributed by atoms with E-state index in [4.69, 9.17) is 5.73 Å². The third-order valence-electron chi connectivity index (χ3n) is 3.87. The number of para-hydroxylation sites is 1. The Bertz CT molecular complexity index is 1100. The number of benzene rings is 2. The number of carbonyl (C=O) groups is 1. The van der Waals surface area contributed by atoms with E-state index in [1.54, 1.807) is 32.3 Å². The minimum Gasteiger partial charge on any atom is -0.368 e. The van der Waals surface area contributed by atoms with Crippen LogP contribution >= 0.6 is 11.3 Å². The van der Waals surface area contributed by atoms with Crippen LogP contribution in [-0.2, 0) is 0 Å². The number of nitrogen functional groups attached to an aromatic ring is 1. The molecule has 0 saturated heterocycles. The molecule has 0 atom stereocenters. The number of amides is 1. The summed E-state index contributed by atoms with van der Waals surface area (Å²) in [5.41, 5.74) is 8.18. The lowest BCUT2D eigenvalue weighted by Crippen LogP contribution is -2.21. The summed E-state index contributed by atoms with van der Waals surface area (Å²) in [6, 6.07) is 15.0. The van der Waals surface area contributed by atoms with Gasteiger partial charge in [0.2, 0.25) is 17.0 Å². The molecule has 2 aromatic heterocycles. The van der Waals surface area contributed by atoms with Gasteiger partial charge in [-0.25, -0.2) is 4.98 Å². The minimum atomic E-state index is -0.0777. The zero-order valence-electron chi connectivity index (χ0n) is 14.7. The van der Waals surface area contributed by atoms with Gasteiger partial charge in [-0.15, -0.1) is 5.10 Å². The fourth-order valence-corrected chi connectivity index (χ4v) is 3.51. The van der Waals surface area contributed by atoms with Crippen molar-refractivity contribution < 1.29 is 4.79 Å². The molecule has 2 heterocycles. The first-order valence-electron chi connectivity index (χ1n) is 8.18. The Hall–Kier alpha value is -3.46. The number of nitrogens with two attached hydrogens (primary N) is 1. The summed E-state index contributed by atoms with van der Waals surface area (Å²) in [4.78, 5) is 22.4. The Kier molecular flexibility index (Phi) is 4.21. The number of hydrogen-bond donors (Lipinski definition) is 2. The number of nitrogens with one attached hydrogen (secondary N) is 1. The predicted molar refractivity (Wildman–Crippen MR) is 107 cm³/mol. The van der Waals surface area contributed by atoms with Gasteiger partial charge in [-0.1, -0.05) is 29.5 Å². The number of nitrogens with zero attached hydrogens (tertiary/aromatic N) is 5. The number of hydrogen-bond acceptors (Lipinski definition) is 7. The molecule has 8 nitrogen and oxygen atoms in total. The van der Waals surface area contributed by atoms with Gasteiger partial charge in [0.15, 0.2) is 0 Å². The van der Waals surface area contributed by atoms with Gasteiger partial charge in [0.05, 0.1) is 10.2 Å². The highest BCUT2D eigenvalue weighted by Gasteiger charge is 2.14. The molecule has 27 heavy (non-hydrogen) atoms. The second-order valence-electron chi connectivity index (χ2n) is 6.07. The standard InChI is InChI=1S/C18H17N7OS/c1-24(2)15(26)11-6-5-7-12(10-11)20-17-22-16(19)25(23-17)18-21-13-8-3-4-9-14(13)27-18/h3-10H,1-2H3,(H3,19,20,22,23). The summed E-state index contributed by atoms with van der Waals surface area (Å²) in [5, 5.41) is 8.13. The summed E-state index contributed by atoms with van der Waals surface area (Å²) < 4.78 is 2.55. The third-order valence-corrected chi connectivity index (χ3v) is 4.88. The number of rotatable bonds is 4. The van der Waals surface area contributed by atoms with Gasteiger partial charge in [0.25, 0.3) is 5.91 Å². The number of aromatic nitrogens is 4. The quantitative estimate of drug-likeness (QED) is 0.565. The Morgan fingerprint density at radius 1 is 1.15 bits per heavy atom. The number of fused-ring (bicyclic) bond motifs is 1. The normalized spacial score (nSPS) is 10.9. The monoisotopic (exact) mass is 379 g/mol. The van der Waals surface area contributed by atoms with E-state index in [2.05, 4.69) is 20.4 Å². The molecule has 0 aliphatic rings. The van der Waals surface area contributed by atoms with Crippen LogP contribution in [0.15, 0.2) is 48.5 Å². The molecule has 4 rings (SSSR count). The SMILES string of the molecule is CN(C)C(=O)c1cccc(Nc2nc(N)n(-c3nc4ccccc4s3)n2)c1. The van der Waals surface area contributed by atoms with Crippen molar-refractivity contribution in [1.29, 1.82) is 0 Å². The van der Waals surface area contributed by atoms with Crippen LogP contribution in [0.2, 0.25) is 0 Å². The van der Waals surface area contributed by atoms with Gasteiger partial charge in [-0.05, 0) is 30.3 Å². The molecule has 0 aliphatic heterocycles. The van der Waals surface area contributed by atoms with Crippen molar-refractivity contribution in [2.45, 2.75) is 0 Å². The maximum absolute atomic E-state index is 12.1. The molecule has 2 aromatic carbocycles. The lowest BCUT2D eigenvalue weighted by atomic mass is 10.2. The maximum atomic E-state index is 12.1. The van der Waals surface area contributed by atoms with Gasteiger partial charge in [0.1, 0.15) is 0 Å². The first-order valence-corrected chi connectivity index (χ1v) is 9.00. The van der Waals surface area contributed by atoms with Crippen molar-refractivity contribution >= 4 is 45.0 Å². The van der Waals surface area contributed by atoms with Crippen LogP contribution < -0.4 is 11.1 Å². The lowest BCUT2D eigenvalue weighted by molar-refractivity contribution is 0.0827. The van der Waals surface area contributed by atoms with E-state index in [9.17, 15) is 4.79 Å². The van der Waals surface area contributed by atoms with E-state index >= 15 is 0 Å². The number of thiazole rings is 1. The summed E-state index contributed by atoms with van der Waals surface area (Å²) in [7, 11) is 3.43. The van der Waals surface area contributed by atoms with Gasteiger partial charge in [0, 0.05) is 25.3 Å². The highest BCUT2D eigenvalue weighted by Crippen LogP contribution is 2.26. The van der Waals surface area contributed by atoms with E-state index in [0.717, 1.165) is 10.2 Å². The van der Waals surface area contributed by atoms with Crippen LogP contribution in [0.5, 0.6) is 0 Å². The Balaban J connectivity index is 1.62. The summed E-state index contributed by atoms with van der Waals surface area (Å²) >= 11 is 1.49. The maximum Gasteiger partial charge on any atom is 0.253 e.